The first-order chi connectivity index (χ1) is 13.8. The number of carboxylic acids is 1. The Morgan fingerprint density at radius 2 is 1.59 bits per heavy atom. The second kappa shape index (κ2) is 10.3. The second-order valence-electron chi connectivity index (χ2n) is 7.07. The number of ether oxygens (including phenoxy) is 1. The van der Waals surface area contributed by atoms with E-state index in [-0.39, 0.29) is 12.3 Å². The van der Waals surface area contributed by atoms with Gasteiger partial charge in [-0.15, -0.1) is 0 Å². The minimum atomic E-state index is -1.11. The zero-order valence-electron chi connectivity index (χ0n) is 16.7. The van der Waals surface area contributed by atoms with Crippen molar-refractivity contribution in [2.45, 2.75) is 32.4 Å². The van der Waals surface area contributed by atoms with Crippen LogP contribution in [0.3, 0.4) is 0 Å². The van der Waals surface area contributed by atoms with Gasteiger partial charge in [-0.05, 0) is 42.2 Å². The van der Waals surface area contributed by atoms with E-state index in [1.807, 2.05) is 13.8 Å². The predicted octanol–water partition coefficient (Wildman–Crippen LogP) is 2.78. The van der Waals surface area contributed by atoms with E-state index in [1.54, 1.807) is 54.6 Å². The fourth-order valence-corrected chi connectivity index (χ4v) is 2.85. The Kier molecular flexibility index (Phi) is 7.77. The molecule has 2 atom stereocenters. The van der Waals surface area contributed by atoms with Crippen LogP contribution in [0, 0.1) is 5.92 Å². The maximum absolute atomic E-state index is 12.9. The molecule has 0 saturated heterocycles. The molecule has 0 aliphatic carbocycles. The number of nitrogens with one attached hydrogen (secondary N) is 2. The summed E-state index contributed by atoms with van der Waals surface area (Å²) in [6.45, 7) is 3.75. The number of amides is 2. The molecule has 2 rings (SSSR count). The van der Waals surface area contributed by atoms with Crippen LogP contribution in [0.5, 0.6) is 5.75 Å². The molecule has 0 saturated carbocycles. The smallest absolute Gasteiger partial charge is 0.326 e. The first-order valence-electron chi connectivity index (χ1n) is 9.34. The molecule has 0 aliphatic heterocycles. The fourth-order valence-electron chi connectivity index (χ4n) is 2.85. The fraction of sp³-hybridized carbons (Fsp3) is 0.318. The molecule has 29 heavy (non-hydrogen) atoms. The minimum absolute atomic E-state index is 0.0838. The van der Waals surface area contributed by atoms with Gasteiger partial charge in [0.05, 0.1) is 7.11 Å². The molecule has 3 N–H and O–H groups in total. The van der Waals surface area contributed by atoms with Gasteiger partial charge in [-0.2, -0.15) is 0 Å². The Hall–Kier alpha value is -3.35. The summed E-state index contributed by atoms with van der Waals surface area (Å²) in [5.74, 6) is -1.45. The molecule has 7 nitrogen and oxygen atoms in total. The van der Waals surface area contributed by atoms with E-state index in [9.17, 15) is 19.5 Å². The lowest BCUT2D eigenvalue weighted by atomic mass is 10.0. The highest BCUT2D eigenvalue weighted by atomic mass is 16.5. The largest absolute Gasteiger partial charge is 0.497 e. The first-order valence-corrected chi connectivity index (χ1v) is 9.34. The number of carbonyl (C=O) groups is 3. The molecule has 0 heterocycles. The summed E-state index contributed by atoms with van der Waals surface area (Å²) >= 11 is 0. The van der Waals surface area contributed by atoms with Crippen molar-refractivity contribution in [1.82, 2.24) is 10.6 Å². The van der Waals surface area contributed by atoms with E-state index in [0.717, 1.165) is 0 Å². The van der Waals surface area contributed by atoms with Gasteiger partial charge >= 0.3 is 5.97 Å². The Morgan fingerprint density at radius 1 is 0.966 bits per heavy atom. The normalized spacial score (nSPS) is 12.7. The van der Waals surface area contributed by atoms with Crippen molar-refractivity contribution in [3.63, 3.8) is 0 Å². The van der Waals surface area contributed by atoms with E-state index >= 15 is 0 Å². The maximum atomic E-state index is 12.9. The zero-order valence-corrected chi connectivity index (χ0v) is 16.7. The van der Waals surface area contributed by atoms with Crippen LogP contribution < -0.4 is 15.4 Å². The highest BCUT2D eigenvalue weighted by Gasteiger charge is 2.28. The lowest BCUT2D eigenvalue weighted by Crippen LogP contribution is -2.47. The number of hydrogen-bond acceptors (Lipinski definition) is 4. The number of benzene rings is 2. The highest BCUT2D eigenvalue weighted by Crippen LogP contribution is 2.17. The van der Waals surface area contributed by atoms with E-state index in [1.165, 1.54) is 7.11 Å². The van der Waals surface area contributed by atoms with Crippen molar-refractivity contribution >= 4 is 17.8 Å². The second-order valence-corrected chi connectivity index (χ2v) is 7.07. The number of hydrogen-bond donors (Lipinski definition) is 3. The topological polar surface area (TPSA) is 105 Å². The van der Waals surface area contributed by atoms with Crippen molar-refractivity contribution in [2.75, 3.05) is 7.11 Å². The van der Waals surface area contributed by atoms with Gasteiger partial charge in [0, 0.05) is 5.56 Å². The first kappa shape index (κ1) is 21.9. The molecular formula is C22H26N2O5. The van der Waals surface area contributed by atoms with Gasteiger partial charge in [0.2, 0.25) is 5.91 Å². The third-order valence-electron chi connectivity index (χ3n) is 4.34. The lowest BCUT2D eigenvalue weighted by Gasteiger charge is -2.22. The lowest BCUT2D eigenvalue weighted by molar-refractivity contribution is -0.142. The van der Waals surface area contributed by atoms with Crippen LogP contribution in [0.2, 0.25) is 0 Å². The van der Waals surface area contributed by atoms with Crippen LogP contribution in [0.15, 0.2) is 54.6 Å². The minimum Gasteiger partial charge on any atom is -0.497 e. The third-order valence-corrected chi connectivity index (χ3v) is 4.34. The molecule has 1 unspecified atom stereocenters. The van der Waals surface area contributed by atoms with Crippen LogP contribution >= 0.6 is 0 Å². The van der Waals surface area contributed by atoms with E-state index in [0.29, 0.717) is 16.9 Å². The monoisotopic (exact) mass is 398 g/mol. The summed E-state index contributed by atoms with van der Waals surface area (Å²) in [6, 6.07) is 13.1. The molecule has 0 bridgehead atoms. The van der Waals surface area contributed by atoms with Crippen LogP contribution in [-0.2, 0) is 9.59 Å². The Morgan fingerprint density at radius 3 is 2.10 bits per heavy atom. The van der Waals surface area contributed by atoms with Crippen LogP contribution in [-0.4, -0.2) is 36.0 Å². The Bertz CT molecular complexity index is 834. The third kappa shape index (κ3) is 6.34. The van der Waals surface area contributed by atoms with Crippen molar-refractivity contribution in [1.29, 1.82) is 0 Å². The summed E-state index contributed by atoms with van der Waals surface area (Å²) in [5.41, 5.74) is 0.914. The molecule has 154 valence electrons. The molecule has 0 spiro atoms. The van der Waals surface area contributed by atoms with Gasteiger partial charge in [-0.1, -0.05) is 44.2 Å². The number of methoxy groups -OCH3 is 1. The number of aliphatic carboxylic acids is 1. The SMILES string of the molecule is COc1ccc(C(=O)NC(C(=O)N[C@H](CC(C)C)C(=O)O)c2ccccc2)cc1. The summed E-state index contributed by atoms with van der Waals surface area (Å²) < 4.78 is 5.08. The quantitative estimate of drug-likeness (QED) is 0.602. The average molecular weight is 398 g/mol. The summed E-state index contributed by atoms with van der Waals surface area (Å²) in [6.07, 6.45) is 0.287. The van der Waals surface area contributed by atoms with Crippen molar-refractivity contribution in [3.8, 4) is 5.75 Å². The van der Waals surface area contributed by atoms with E-state index in [2.05, 4.69) is 10.6 Å². The van der Waals surface area contributed by atoms with Gasteiger partial charge in [0.1, 0.15) is 17.8 Å². The van der Waals surface area contributed by atoms with E-state index < -0.39 is 29.9 Å². The molecule has 7 heteroatoms. The molecule has 0 radical (unpaired) electrons. The Labute approximate surface area is 170 Å². The molecule has 0 aliphatic rings. The number of carboxylic acid groups (broad SMARTS) is 1. The average Bonchev–Trinajstić information content (AvgIpc) is 2.71. The van der Waals surface area contributed by atoms with Gasteiger partial charge < -0.3 is 20.5 Å². The van der Waals surface area contributed by atoms with Gasteiger partial charge in [0.25, 0.3) is 5.91 Å². The van der Waals surface area contributed by atoms with Gasteiger partial charge in [0.15, 0.2) is 0 Å². The molecular weight excluding hydrogens is 372 g/mol. The van der Waals surface area contributed by atoms with Gasteiger partial charge in [-0.25, -0.2) is 4.79 Å². The Balaban J connectivity index is 2.23. The van der Waals surface area contributed by atoms with Crippen molar-refractivity contribution in [2.24, 2.45) is 5.92 Å². The van der Waals surface area contributed by atoms with E-state index in [4.69, 9.17) is 4.74 Å². The summed E-state index contributed by atoms with van der Waals surface area (Å²) in [7, 11) is 1.53. The van der Waals surface area contributed by atoms with Gasteiger partial charge in [-0.3, -0.25) is 9.59 Å². The number of rotatable bonds is 9. The van der Waals surface area contributed by atoms with Crippen LogP contribution in [0.1, 0.15) is 42.2 Å². The zero-order chi connectivity index (χ0) is 21.4. The van der Waals surface area contributed by atoms with Crippen LogP contribution in [0.4, 0.5) is 0 Å². The molecule has 2 aromatic carbocycles. The molecule has 2 aromatic rings. The standard InChI is InChI=1S/C22H26N2O5/c1-14(2)13-18(22(27)28)23-21(26)19(15-7-5-4-6-8-15)24-20(25)16-9-11-17(29-3)12-10-16/h4-12,14,18-19H,13H2,1-3H3,(H,23,26)(H,24,25)(H,27,28)/t18-,19?/m1/s1. The predicted molar refractivity (Wildman–Crippen MR) is 109 cm³/mol. The van der Waals surface area contributed by atoms with Crippen molar-refractivity contribution < 1.29 is 24.2 Å². The van der Waals surface area contributed by atoms with Crippen LogP contribution in [0.25, 0.3) is 0 Å². The summed E-state index contributed by atoms with van der Waals surface area (Å²) in [5, 5.41) is 14.7. The number of carbonyl (C=O) groups excluding carboxylic acids is 2. The van der Waals surface area contributed by atoms with Crippen molar-refractivity contribution in [3.05, 3.63) is 65.7 Å². The highest BCUT2D eigenvalue weighted by molar-refractivity contribution is 5.98. The molecule has 0 fully saturated rings. The molecule has 2 amide bonds. The molecule has 0 aromatic heterocycles. The summed E-state index contributed by atoms with van der Waals surface area (Å²) in [4.78, 5) is 37.1. The maximum Gasteiger partial charge on any atom is 0.326 e.